The minimum absolute atomic E-state index is 0.110. The minimum atomic E-state index is -0.637. The molecule has 0 aliphatic heterocycles. The highest BCUT2D eigenvalue weighted by atomic mass is 79.9. The third-order valence-corrected chi connectivity index (χ3v) is 3.23. The van der Waals surface area contributed by atoms with Gasteiger partial charge in [-0.05, 0) is 38.5 Å². The van der Waals surface area contributed by atoms with E-state index in [0.717, 1.165) is 10.9 Å². The van der Waals surface area contributed by atoms with Crippen LogP contribution in [0.5, 0.6) is 5.75 Å². The van der Waals surface area contributed by atoms with E-state index >= 15 is 0 Å². The maximum Gasteiger partial charge on any atom is 0.260 e. The van der Waals surface area contributed by atoms with E-state index in [1.807, 2.05) is 19.9 Å². The first-order valence-electron chi connectivity index (χ1n) is 6.14. The normalized spacial score (nSPS) is 13.2. The monoisotopic (exact) mass is 324 g/mol. The summed E-state index contributed by atoms with van der Waals surface area (Å²) in [5.41, 5.74) is 0.401. The zero-order valence-electron chi connectivity index (χ0n) is 11.2. The van der Waals surface area contributed by atoms with E-state index in [1.54, 1.807) is 25.1 Å². The van der Waals surface area contributed by atoms with Crippen molar-refractivity contribution in [3.8, 4) is 11.8 Å². The molecule has 1 rings (SSSR count). The Bertz CT molecular complexity index is 497. The van der Waals surface area contributed by atoms with Gasteiger partial charge in [-0.25, -0.2) is 0 Å². The van der Waals surface area contributed by atoms with Crippen LogP contribution in [0.1, 0.15) is 32.8 Å². The minimum Gasteiger partial charge on any atom is -0.480 e. The molecule has 0 radical (unpaired) electrons. The van der Waals surface area contributed by atoms with Crippen LogP contribution in [-0.2, 0) is 4.79 Å². The predicted octanol–water partition coefficient (Wildman–Crippen LogP) is 3.00. The Morgan fingerprint density at radius 3 is 2.79 bits per heavy atom. The maximum atomic E-state index is 11.9. The van der Waals surface area contributed by atoms with E-state index in [9.17, 15) is 4.79 Å². The van der Waals surface area contributed by atoms with Crippen molar-refractivity contribution in [3.05, 3.63) is 28.2 Å². The molecule has 5 heteroatoms. The Kier molecular flexibility index (Phi) is 5.84. The molecule has 0 spiro atoms. The summed E-state index contributed by atoms with van der Waals surface area (Å²) >= 11 is 3.29. The van der Waals surface area contributed by atoms with Crippen molar-refractivity contribution < 1.29 is 9.53 Å². The van der Waals surface area contributed by atoms with Gasteiger partial charge in [0.05, 0.1) is 5.56 Å². The molecule has 1 aromatic rings. The van der Waals surface area contributed by atoms with Gasteiger partial charge >= 0.3 is 0 Å². The van der Waals surface area contributed by atoms with Crippen LogP contribution in [0, 0.1) is 11.3 Å². The Hall–Kier alpha value is -1.54. The molecule has 4 nitrogen and oxygen atoms in total. The number of ether oxygens (including phenoxy) is 1. The predicted molar refractivity (Wildman–Crippen MR) is 76.8 cm³/mol. The van der Waals surface area contributed by atoms with Gasteiger partial charge in [0.25, 0.3) is 5.91 Å². The summed E-state index contributed by atoms with van der Waals surface area (Å²) in [5.74, 6) is 0.235. The smallest absolute Gasteiger partial charge is 0.260 e. The molecule has 19 heavy (non-hydrogen) atoms. The van der Waals surface area contributed by atoms with Crippen LogP contribution in [0.3, 0.4) is 0 Å². The number of rotatable bonds is 5. The number of hydrogen-bond donors (Lipinski definition) is 1. The first-order valence-corrected chi connectivity index (χ1v) is 6.93. The van der Waals surface area contributed by atoms with Gasteiger partial charge in [-0.2, -0.15) is 5.26 Å². The second-order valence-electron chi connectivity index (χ2n) is 4.33. The van der Waals surface area contributed by atoms with E-state index in [-0.39, 0.29) is 11.9 Å². The number of nitrogens with one attached hydrogen (secondary N) is 1. The van der Waals surface area contributed by atoms with Gasteiger partial charge in [-0.15, -0.1) is 0 Å². The molecule has 0 fully saturated rings. The molecule has 0 aliphatic rings. The second-order valence-corrected chi connectivity index (χ2v) is 5.25. The van der Waals surface area contributed by atoms with Gasteiger partial charge in [-0.3, -0.25) is 4.79 Å². The lowest BCUT2D eigenvalue weighted by Gasteiger charge is -2.18. The number of halogens is 1. The van der Waals surface area contributed by atoms with Gasteiger partial charge < -0.3 is 10.1 Å². The van der Waals surface area contributed by atoms with Gasteiger partial charge in [0.2, 0.25) is 0 Å². The molecule has 2 atom stereocenters. The van der Waals surface area contributed by atoms with Crippen molar-refractivity contribution in [1.29, 1.82) is 5.26 Å². The van der Waals surface area contributed by atoms with Crippen molar-refractivity contribution in [2.24, 2.45) is 0 Å². The Morgan fingerprint density at radius 2 is 2.21 bits per heavy atom. The Balaban J connectivity index is 2.74. The topological polar surface area (TPSA) is 62.1 Å². The summed E-state index contributed by atoms with van der Waals surface area (Å²) < 4.78 is 6.34. The quantitative estimate of drug-likeness (QED) is 0.905. The fourth-order valence-corrected chi connectivity index (χ4v) is 1.76. The van der Waals surface area contributed by atoms with Crippen molar-refractivity contribution in [3.63, 3.8) is 0 Å². The third kappa shape index (κ3) is 4.56. The Labute approximate surface area is 121 Å². The fraction of sp³-hybridized carbons (Fsp3) is 0.429. The number of carbonyl (C=O) groups is 1. The number of amides is 1. The molecule has 0 saturated heterocycles. The zero-order chi connectivity index (χ0) is 14.4. The molecule has 2 unspecified atom stereocenters. The third-order valence-electron chi connectivity index (χ3n) is 2.74. The molecule has 0 bridgehead atoms. The number of carbonyl (C=O) groups excluding carboxylic acids is 1. The summed E-state index contributed by atoms with van der Waals surface area (Å²) in [5, 5.41) is 11.9. The van der Waals surface area contributed by atoms with E-state index < -0.39 is 6.10 Å². The van der Waals surface area contributed by atoms with Crippen molar-refractivity contribution in [2.45, 2.75) is 39.3 Å². The molecule has 0 aromatic heterocycles. The summed E-state index contributed by atoms with van der Waals surface area (Å²) in [7, 11) is 0. The number of benzene rings is 1. The lowest BCUT2D eigenvalue weighted by atomic mass is 10.2. The summed E-state index contributed by atoms with van der Waals surface area (Å²) in [6, 6.07) is 7.27. The molecule has 1 aromatic carbocycles. The lowest BCUT2D eigenvalue weighted by molar-refractivity contribution is -0.127. The van der Waals surface area contributed by atoms with Crippen LogP contribution < -0.4 is 10.1 Å². The van der Waals surface area contributed by atoms with Crippen LogP contribution in [0.4, 0.5) is 0 Å². The summed E-state index contributed by atoms with van der Waals surface area (Å²) in [6.07, 6.45) is 0.225. The van der Waals surface area contributed by atoms with E-state index in [1.165, 1.54) is 0 Å². The number of nitrogens with zero attached hydrogens (tertiary/aromatic N) is 1. The molecule has 0 aliphatic carbocycles. The van der Waals surface area contributed by atoms with Gasteiger partial charge in [0.1, 0.15) is 11.8 Å². The standard InChI is InChI=1S/C14H17BrN2O2/c1-4-9(2)17-14(18)10(3)19-13-6-5-12(15)7-11(13)8-16/h5-7,9-10H,4H2,1-3H3,(H,17,18). The highest BCUT2D eigenvalue weighted by molar-refractivity contribution is 9.10. The lowest BCUT2D eigenvalue weighted by Crippen LogP contribution is -2.41. The van der Waals surface area contributed by atoms with Crippen LogP contribution >= 0.6 is 15.9 Å². The van der Waals surface area contributed by atoms with Gasteiger partial charge in [0.15, 0.2) is 6.10 Å². The van der Waals surface area contributed by atoms with Gasteiger partial charge in [-0.1, -0.05) is 22.9 Å². The van der Waals surface area contributed by atoms with Crippen LogP contribution in [0.2, 0.25) is 0 Å². The first-order chi connectivity index (χ1) is 8.97. The zero-order valence-corrected chi connectivity index (χ0v) is 12.8. The fourth-order valence-electron chi connectivity index (χ4n) is 1.40. The average molecular weight is 325 g/mol. The SMILES string of the molecule is CCC(C)NC(=O)C(C)Oc1ccc(Br)cc1C#N. The summed E-state index contributed by atoms with van der Waals surface area (Å²) in [6.45, 7) is 5.60. The maximum absolute atomic E-state index is 11.9. The highest BCUT2D eigenvalue weighted by Gasteiger charge is 2.17. The van der Waals surface area contributed by atoms with E-state index in [2.05, 4.69) is 21.2 Å². The van der Waals surface area contributed by atoms with E-state index in [4.69, 9.17) is 10.00 Å². The van der Waals surface area contributed by atoms with Crippen molar-refractivity contribution in [1.82, 2.24) is 5.32 Å². The molecular weight excluding hydrogens is 308 g/mol. The van der Waals surface area contributed by atoms with Crippen LogP contribution in [-0.4, -0.2) is 18.1 Å². The first kappa shape index (κ1) is 15.5. The second kappa shape index (κ2) is 7.15. The largest absolute Gasteiger partial charge is 0.480 e. The van der Waals surface area contributed by atoms with Crippen molar-refractivity contribution >= 4 is 21.8 Å². The average Bonchev–Trinajstić information content (AvgIpc) is 2.40. The molecule has 0 heterocycles. The molecule has 0 saturated carbocycles. The highest BCUT2D eigenvalue weighted by Crippen LogP contribution is 2.23. The molecule has 102 valence electrons. The van der Waals surface area contributed by atoms with Crippen LogP contribution in [0.25, 0.3) is 0 Å². The number of hydrogen-bond acceptors (Lipinski definition) is 3. The molecule has 1 N–H and O–H groups in total. The van der Waals surface area contributed by atoms with E-state index in [0.29, 0.717) is 11.3 Å². The number of nitriles is 1. The Morgan fingerprint density at radius 1 is 1.53 bits per heavy atom. The molecule has 1 amide bonds. The van der Waals surface area contributed by atoms with Crippen molar-refractivity contribution in [2.75, 3.05) is 0 Å². The molecular formula is C14H17BrN2O2. The van der Waals surface area contributed by atoms with Gasteiger partial charge in [0, 0.05) is 10.5 Å². The summed E-state index contributed by atoms with van der Waals surface area (Å²) in [4.78, 5) is 11.9. The van der Waals surface area contributed by atoms with Crippen LogP contribution in [0.15, 0.2) is 22.7 Å².